The number of amides is 1. The Labute approximate surface area is 91.8 Å². The zero-order chi connectivity index (χ0) is 11.4. The Balaban J connectivity index is 2.58. The smallest absolute Gasteiger partial charge is 0.225 e. The van der Waals surface area contributed by atoms with Gasteiger partial charge in [0.1, 0.15) is 5.78 Å². The molecule has 1 fully saturated rings. The topological polar surface area (TPSA) is 37.4 Å². The molecule has 86 valence electrons. The standard InChI is InChI=1S/C12H21NO2/c1-4-9(3)12(15)13-7-6-11(14)10(5-2)8-13/h9-10H,4-8H2,1-3H3. The summed E-state index contributed by atoms with van der Waals surface area (Å²) in [5, 5.41) is 0. The molecule has 0 bridgehead atoms. The van der Waals surface area contributed by atoms with Crippen molar-refractivity contribution in [1.29, 1.82) is 0 Å². The van der Waals surface area contributed by atoms with Crippen LogP contribution in [0.25, 0.3) is 0 Å². The van der Waals surface area contributed by atoms with Gasteiger partial charge in [-0.25, -0.2) is 0 Å². The minimum atomic E-state index is 0.0757. The second-order valence-electron chi connectivity index (χ2n) is 4.42. The molecule has 2 unspecified atom stereocenters. The fourth-order valence-corrected chi connectivity index (χ4v) is 1.95. The molecule has 0 radical (unpaired) electrons. The lowest BCUT2D eigenvalue weighted by atomic mass is 9.93. The summed E-state index contributed by atoms with van der Waals surface area (Å²) in [4.78, 5) is 25.3. The Bertz CT molecular complexity index is 250. The summed E-state index contributed by atoms with van der Waals surface area (Å²) in [7, 11) is 0. The van der Waals surface area contributed by atoms with E-state index < -0.39 is 0 Å². The number of Topliss-reactive ketones (excluding diaryl/α,β-unsaturated/α-hetero) is 1. The van der Waals surface area contributed by atoms with Gasteiger partial charge >= 0.3 is 0 Å². The van der Waals surface area contributed by atoms with E-state index in [9.17, 15) is 9.59 Å². The minimum Gasteiger partial charge on any atom is -0.341 e. The summed E-state index contributed by atoms with van der Waals surface area (Å²) < 4.78 is 0. The average molecular weight is 211 g/mol. The number of carbonyl (C=O) groups is 2. The van der Waals surface area contributed by atoms with Gasteiger partial charge in [-0.3, -0.25) is 9.59 Å². The van der Waals surface area contributed by atoms with Crippen LogP contribution in [-0.4, -0.2) is 29.7 Å². The van der Waals surface area contributed by atoms with Crippen molar-refractivity contribution in [2.75, 3.05) is 13.1 Å². The van der Waals surface area contributed by atoms with Crippen molar-refractivity contribution in [1.82, 2.24) is 4.90 Å². The molecule has 1 amide bonds. The molecule has 0 aromatic rings. The molecule has 0 aromatic carbocycles. The molecule has 0 spiro atoms. The van der Waals surface area contributed by atoms with Gasteiger partial charge < -0.3 is 4.90 Å². The Hall–Kier alpha value is -0.860. The maximum atomic E-state index is 11.9. The van der Waals surface area contributed by atoms with Crippen LogP contribution in [0.1, 0.15) is 40.0 Å². The second kappa shape index (κ2) is 5.29. The second-order valence-corrected chi connectivity index (χ2v) is 4.42. The third-order valence-corrected chi connectivity index (χ3v) is 3.36. The first-order valence-corrected chi connectivity index (χ1v) is 5.91. The van der Waals surface area contributed by atoms with Gasteiger partial charge in [-0.05, 0) is 12.8 Å². The number of likely N-dealkylation sites (tertiary alicyclic amines) is 1. The van der Waals surface area contributed by atoms with Gasteiger partial charge in [0.15, 0.2) is 0 Å². The molecule has 3 nitrogen and oxygen atoms in total. The third kappa shape index (κ3) is 2.80. The average Bonchev–Trinajstić information content (AvgIpc) is 2.27. The van der Waals surface area contributed by atoms with Crippen LogP contribution in [0.3, 0.4) is 0 Å². The van der Waals surface area contributed by atoms with Gasteiger partial charge in [-0.2, -0.15) is 0 Å². The molecule has 0 saturated carbocycles. The normalized spacial score (nSPS) is 24.1. The number of carbonyl (C=O) groups excluding carboxylic acids is 2. The van der Waals surface area contributed by atoms with Crippen LogP contribution >= 0.6 is 0 Å². The van der Waals surface area contributed by atoms with E-state index in [1.165, 1.54) is 0 Å². The fourth-order valence-electron chi connectivity index (χ4n) is 1.95. The van der Waals surface area contributed by atoms with Crippen molar-refractivity contribution in [3.63, 3.8) is 0 Å². The number of hydrogen-bond acceptors (Lipinski definition) is 2. The molecule has 15 heavy (non-hydrogen) atoms. The van der Waals surface area contributed by atoms with Crippen molar-refractivity contribution < 1.29 is 9.59 Å². The SMILES string of the molecule is CCC(C)C(=O)N1CCC(=O)C(CC)C1. The van der Waals surface area contributed by atoms with Crippen molar-refractivity contribution in [2.45, 2.75) is 40.0 Å². The first-order valence-electron chi connectivity index (χ1n) is 5.91. The summed E-state index contributed by atoms with van der Waals surface area (Å²) >= 11 is 0. The zero-order valence-corrected chi connectivity index (χ0v) is 9.95. The summed E-state index contributed by atoms with van der Waals surface area (Å²) in [5.41, 5.74) is 0. The van der Waals surface area contributed by atoms with Gasteiger partial charge in [0, 0.05) is 31.3 Å². The molecular formula is C12H21NO2. The monoisotopic (exact) mass is 211 g/mol. The Kier molecular flexibility index (Phi) is 4.30. The molecule has 2 atom stereocenters. The van der Waals surface area contributed by atoms with Crippen LogP contribution in [0.5, 0.6) is 0 Å². The highest BCUT2D eigenvalue weighted by atomic mass is 16.2. The summed E-state index contributed by atoms with van der Waals surface area (Å²) in [5.74, 6) is 0.705. The number of hydrogen-bond donors (Lipinski definition) is 0. The van der Waals surface area contributed by atoms with Crippen LogP contribution < -0.4 is 0 Å². The summed E-state index contributed by atoms with van der Waals surface area (Å²) in [6.45, 7) is 7.26. The van der Waals surface area contributed by atoms with Gasteiger partial charge in [-0.15, -0.1) is 0 Å². The molecular weight excluding hydrogens is 190 g/mol. The van der Waals surface area contributed by atoms with Crippen molar-refractivity contribution in [2.24, 2.45) is 11.8 Å². The van der Waals surface area contributed by atoms with Crippen molar-refractivity contribution in [3.8, 4) is 0 Å². The van der Waals surface area contributed by atoms with Gasteiger partial charge in [-0.1, -0.05) is 20.8 Å². The van der Waals surface area contributed by atoms with E-state index in [0.29, 0.717) is 25.3 Å². The molecule has 0 aromatic heterocycles. The van der Waals surface area contributed by atoms with E-state index in [-0.39, 0.29) is 17.7 Å². The first kappa shape index (κ1) is 12.2. The van der Waals surface area contributed by atoms with E-state index in [0.717, 1.165) is 12.8 Å². The van der Waals surface area contributed by atoms with Crippen LogP contribution in [0.2, 0.25) is 0 Å². The molecule has 1 saturated heterocycles. The summed E-state index contributed by atoms with van der Waals surface area (Å²) in [6.07, 6.45) is 2.27. The zero-order valence-electron chi connectivity index (χ0n) is 9.95. The lowest BCUT2D eigenvalue weighted by Gasteiger charge is -2.33. The van der Waals surface area contributed by atoms with Gasteiger partial charge in [0.25, 0.3) is 0 Å². The van der Waals surface area contributed by atoms with Crippen molar-refractivity contribution >= 4 is 11.7 Å². The highest BCUT2D eigenvalue weighted by Crippen LogP contribution is 2.18. The van der Waals surface area contributed by atoms with Crippen LogP contribution in [0.4, 0.5) is 0 Å². The van der Waals surface area contributed by atoms with Crippen LogP contribution in [-0.2, 0) is 9.59 Å². The number of nitrogens with zero attached hydrogens (tertiary/aromatic N) is 1. The number of rotatable bonds is 3. The minimum absolute atomic E-state index is 0.0757. The Morgan fingerprint density at radius 1 is 1.53 bits per heavy atom. The molecule has 1 heterocycles. The fraction of sp³-hybridized carbons (Fsp3) is 0.833. The quantitative estimate of drug-likeness (QED) is 0.714. The Morgan fingerprint density at radius 2 is 2.20 bits per heavy atom. The number of piperidine rings is 1. The van der Waals surface area contributed by atoms with Crippen LogP contribution in [0.15, 0.2) is 0 Å². The largest absolute Gasteiger partial charge is 0.341 e. The molecule has 0 aliphatic carbocycles. The molecule has 3 heteroatoms. The van der Waals surface area contributed by atoms with Gasteiger partial charge in [0.2, 0.25) is 5.91 Å². The molecule has 1 rings (SSSR count). The van der Waals surface area contributed by atoms with E-state index >= 15 is 0 Å². The first-order chi connectivity index (χ1) is 7.10. The highest BCUT2D eigenvalue weighted by Gasteiger charge is 2.29. The molecule has 1 aliphatic heterocycles. The lowest BCUT2D eigenvalue weighted by Crippen LogP contribution is -2.45. The van der Waals surface area contributed by atoms with E-state index in [1.54, 1.807) is 0 Å². The highest BCUT2D eigenvalue weighted by molar-refractivity contribution is 5.85. The summed E-state index contributed by atoms with van der Waals surface area (Å²) in [6, 6.07) is 0. The maximum absolute atomic E-state index is 11.9. The van der Waals surface area contributed by atoms with Crippen LogP contribution in [0, 0.1) is 11.8 Å². The predicted octanol–water partition coefficient (Wildman–Crippen LogP) is 1.86. The molecule has 1 aliphatic rings. The van der Waals surface area contributed by atoms with E-state index in [1.807, 2.05) is 25.7 Å². The third-order valence-electron chi connectivity index (χ3n) is 3.36. The van der Waals surface area contributed by atoms with E-state index in [4.69, 9.17) is 0 Å². The lowest BCUT2D eigenvalue weighted by molar-refractivity contribution is -0.140. The Morgan fingerprint density at radius 3 is 2.73 bits per heavy atom. The number of ketones is 1. The maximum Gasteiger partial charge on any atom is 0.225 e. The molecule has 0 N–H and O–H groups in total. The van der Waals surface area contributed by atoms with Crippen molar-refractivity contribution in [3.05, 3.63) is 0 Å². The van der Waals surface area contributed by atoms with Gasteiger partial charge in [0.05, 0.1) is 0 Å². The van der Waals surface area contributed by atoms with E-state index in [2.05, 4.69) is 0 Å². The predicted molar refractivity (Wildman–Crippen MR) is 59.4 cm³/mol.